The van der Waals surface area contributed by atoms with Gasteiger partial charge in [-0.1, -0.05) is 32.5 Å². The molecule has 0 aliphatic rings. The molecule has 2 unspecified atom stereocenters. The Labute approximate surface area is 89.4 Å². The molecule has 0 heterocycles. The van der Waals surface area contributed by atoms with Gasteiger partial charge in [-0.05, 0) is 13.3 Å². The van der Waals surface area contributed by atoms with Gasteiger partial charge in [0.05, 0.1) is 6.10 Å². The van der Waals surface area contributed by atoms with Crippen molar-refractivity contribution in [1.29, 1.82) is 0 Å². The van der Waals surface area contributed by atoms with E-state index < -0.39 is 0 Å². The maximum atomic E-state index is 9.09. The quantitative estimate of drug-likeness (QED) is 0.603. The Hall–Kier alpha value is -0.0151. The molecule has 0 saturated carbocycles. The summed E-state index contributed by atoms with van der Waals surface area (Å²) in [5, 5.41) is 9.09. The number of hydrogen-bond acceptors (Lipinski definition) is 2. The van der Waals surface area contributed by atoms with Crippen molar-refractivity contribution < 1.29 is 9.84 Å². The summed E-state index contributed by atoms with van der Waals surface area (Å²) in [6.07, 6.45) is 3.78. The van der Waals surface area contributed by atoms with Crippen molar-refractivity contribution in [2.45, 2.75) is 52.0 Å². The lowest BCUT2D eigenvalue weighted by atomic mass is 9.77. The molecule has 84 valence electrons. The second kappa shape index (κ2) is 8.31. The molecule has 0 fully saturated rings. The monoisotopic (exact) mass is 200 g/mol. The van der Waals surface area contributed by atoms with Gasteiger partial charge in [-0.3, -0.25) is 0 Å². The molecule has 0 saturated heterocycles. The minimum Gasteiger partial charge on any atom is -0.396 e. The summed E-state index contributed by atoms with van der Waals surface area (Å²) in [7, 11) is 2.26. The van der Waals surface area contributed by atoms with Crippen LogP contribution >= 0.6 is 0 Å². The van der Waals surface area contributed by atoms with E-state index in [9.17, 15) is 0 Å². The Bertz CT molecular complexity index is 130. The van der Waals surface area contributed by atoms with Crippen LogP contribution in [0.25, 0.3) is 0 Å². The molecular weight excluding hydrogens is 175 g/mol. The molecule has 3 atom stereocenters. The van der Waals surface area contributed by atoms with E-state index in [1.165, 1.54) is 12.8 Å². The number of hydrogen-bond donors (Lipinski definition) is 1. The molecule has 0 aliphatic heterocycles. The van der Waals surface area contributed by atoms with Crippen LogP contribution in [0.15, 0.2) is 0 Å². The van der Waals surface area contributed by atoms with Crippen molar-refractivity contribution >= 4 is 7.85 Å². The molecule has 0 aromatic carbocycles. The van der Waals surface area contributed by atoms with Crippen molar-refractivity contribution in [3.05, 3.63) is 0 Å². The highest BCUT2D eigenvalue weighted by molar-refractivity contribution is 6.11. The van der Waals surface area contributed by atoms with Gasteiger partial charge in [0.15, 0.2) is 0 Å². The summed E-state index contributed by atoms with van der Waals surface area (Å²) >= 11 is 0. The van der Waals surface area contributed by atoms with E-state index in [0.717, 1.165) is 13.0 Å². The fourth-order valence-corrected chi connectivity index (χ4v) is 1.80. The topological polar surface area (TPSA) is 29.5 Å². The molecule has 0 aromatic heterocycles. The molecule has 0 radical (unpaired) electrons. The zero-order valence-corrected chi connectivity index (χ0v) is 10.1. The van der Waals surface area contributed by atoms with Gasteiger partial charge in [-0.25, -0.2) is 0 Å². The smallest absolute Gasteiger partial charge is 0.105 e. The highest BCUT2D eigenvalue weighted by Gasteiger charge is 2.19. The highest BCUT2D eigenvalue weighted by atomic mass is 16.5. The standard InChI is InChI=1S/C11H25BO2/c1-4-6-10(12)7-11(14-5-2)9(3)8-13/h9-11,13H,4-8,12H2,1-3H3/t9?,10-,11?/m0/s1. The number of aliphatic hydroxyl groups excluding tert-OH is 1. The molecule has 0 spiro atoms. The van der Waals surface area contributed by atoms with Crippen LogP contribution in [0.5, 0.6) is 0 Å². The van der Waals surface area contributed by atoms with Crippen LogP contribution in [0.2, 0.25) is 5.82 Å². The molecule has 3 heteroatoms. The Morgan fingerprint density at radius 3 is 2.43 bits per heavy atom. The Kier molecular flexibility index (Phi) is 8.30. The third-order valence-electron chi connectivity index (χ3n) is 2.72. The van der Waals surface area contributed by atoms with Gasteiger partial charge in [0, 0.05) is 19.1 Å². The number of rotatable bonds is 8. The Morgan fingerprint density at radius 1 is 1.36 bits per heavy atom. The van der Waals surface area contributed by atoms with Gasteiger partial charge in [-0.2, -0.15) is 0 Å². The van der Waals surface area contributed by atoms with E-state index in [2.05, 4.69) is 21.7 Å². The summed E-state index contributed by atoms with van der Waals surface area (Å²) in [5.41, 5.74) is 0. The average Bonchev–Trinajstić information content (AvgIpc) is 2.16. The first-order valence-corrected chi connectivity index (χ1v) is 5.88. The molecule has 1 N–H and O–H groups in total. The molecule has 14 heavy (non-hydrogen) atoms. The highest BCUT2D eigenvalue weighted by Crippen LogP contribution is 2.22. The van der Waals surface area contributed by atoms with E-state index in [-0.39, 0.29) is 18.6 Å². The zero-order chi connectivity index (χ0) is 11.0. The minimum absolute atomic E-state index is 0.226. The number of aliphatic hydroxyl groups is 1. The first-order valence-electron chi connectivity index (χ1n) is 5.88. The Balaban J connectivity index is 3.94. The van der Waals surface area contributed by atoms with Gasteiger partial charge in [0.25, 0.3) is 0 Å². The van der Waals surface area contributed by atoms with Crippen LogP contribution in [0, 0.1) is 5.92 Å². The van der Waals surface area contributed by atoms with E-state index in [1.807, 2.05) is 6.92 Å². The van der Waals surface area contributed by atoms with Crippen LogP contribution in [0.1, 0.15) is 40.0 Å². The lowest BCUT2D eigenvalue weighted by molar-refractivity contribution is 0.000246. The normalized spacial score (nSPS) is 17.7. The molecule has 0 bridgehead atoms. The van der Waals surface area contributed by atoms with Crippen molar-refractivity contribution in [2.24, 2.45) is 5.92 Å². The SMILES string of the molecule is B[C@@H](CCC)CC(OCC)C(C)CO. The molecule has 0 aliphatic carbocycles. The predicted molar refractivity (Wildman–Crippen MR) is 63.5 cm³/mol. The van der Waals surface area contributed by atoms with Crippen molar-refractivity contribution in [1.82, 2.24) is 0 Å². The largest absolute Gasteiger partial charge is 0.396 e. The predicted octanol–water partition coefficient (Wildman–Crippen LogP) is 1.63. The summed E-state index contributed by atoms with van der Waals surface area (Å²) in [5.74, 6) is 0.958. The van der Waals surface area contributed by atoms with Crippen molar-refractivity contribution in [2.75, 3.05) is 13.2 Å². The lowest BCUT2D eigenvalue weighted by Gasteiger charge is -2.25. The van der Waals surface area contributed by atoms with Crippen LogP contribution in [0.3, 0.4) is 0 Å². The van der Waals surface area contributed by atoms with E-state index in [4.69, 9.17) is 9.84 Å². The van der Waals surface area contributed by atoms with Crippen LogP contribution in [-0.4, -0.2) is 32.3 Å². The maximum Gasteiger partial charge on any atom is 0.105 e. The van der Waals surface area contributed by atoms with Crippen LogP contribution in [-0.2, 0) is 4.74 Å². The third kappa shape index (κ3) is 5.66. The fourth-order valence-electron chi connectivity index (χ4n) is 1.80. The summed E-state index contributed by atoms with van der Waals surface area (Å²) in [6, 6.07) is 0. The van der Waals surface area contributed by atoms with E-state index in [1.54, 1.807) is 0 Å². The minimum atomic E-state index is 0.226. The van der Waals surface area contributed by atoms with Gasteiger partial charge in [0.2, 0.25) is 0 Å². The second-order valence-corrected chi connectivity index (χ2v) is 4.28. The molecule has 0 aromatic rings. The van der Waals surface area contributed by atoms with Crippen LogP contribution < -0.4 is 0 Å². The second-order valence-electron chi connectivity index (χ2n) is 4.28. The molecular formula is C11H25BO2. The fraction of sp³-hybridized carbons (Fsp3) is 1.00. The Morgan fingerprint density at radius 2 is 2.00 bits per heavy atom. The van der Waals surface area contributed by atoms with Gasteiger partial charge < -0.3 is 9.84 Å². The van der Waals surface area contributed by atoms with Crippen molar-refractivity contribution in [3.8, 4) is 0 Å². The van der Waals surface area contributed by atoms with E-state index >= 15 is 0 Å². The van der Waals surface area contributed by atoms with Gasteiger partial charge in [-0.15, -0.1) is 0 Å². The van der Waals surface area contributed by atoms with Gasteiger partial charge >= 0.3 is 0 Å². The molecule has 0 amide bonds. The maximum absolute atomic E-state index is 9.09. The first-order chi connectivity index (χ1) is 6.65. The summed E-state index contributed by atoms with van der Waals surface area (Å²) in [4.78, 5) is 0. The average molecular weight is 200 g/mol. The summed E-state index contributed by atoms with van der Waals surface area (Å²) < 4.78 is 5.65. The lowest BCUT2D eigenvalue weighted by Crippen LogP contribution is -2.26. The molecule has 0 rings (SSSR count). The summed E-state index contributed by atoms with van der Waals surface area (Å²) in [6.45, 7) is 7.25. The van der Waals surface area contributed by atoms with E-state index in [0.29, 0.717) is 5.82 Å². The third-order valence-corrected chi connectivity index (χ3v) is 2.72. The first kappa shape index (κ1) is 14.0. The zero-order valence-electron chi connectivity index (χ0n) is 10.1. The van der Waals surface area contributed by atoms with Gasteiger partial charge in [0.1, 0.15) is 7.85 Å². The van der Waals surface area contributed by atoms with Crippen molar-refractivity contribution in [3.63, 3.8) is 0 Å². The molecule has 2 nitrogen and oxygen atoms in total. The van der Waals surface area contributed by atoms with Crippen LogP contribution in [0.4, 0.5) is 0 Å². The number of ether oxygens (including phenoxy) is 1.